The van der Waals surface area contributed by atoms with Gasteiger partial charge < -0.3 is 5.73 Å². The monoisotopic (exact) mass is 311 g/mol. The van der Waals surface area contributed by atoms with Crippen LogP contribution in [0.2, 0.25) is 0 Å². The zero-order valence-corrected chi connectivity index (χ0v) is 11.4. The molecule has 2 aromatic rings. The third-order valence-corrected chi connectivity index (χ3v) is 5.13. The van der Waals surface area contributed by atoms with Gasteiger partial charge in [-0.1, -0.05) is 6.07 Å². The van der Waals surface area contributed by atoms with Crippen LogP contribution in [0.25, 0.3) is 0 Å². The minimum Gasteiger partial charge on any atom is -0.318 e. The highest BCUT2D eigenvalue weighted by Crippen LogP contribution is 2.43. The number of halogens is 2. The molecule has 0 amide bonds. The van der Waals surface area contributed by atoms with Gasteiger partial charge in [0.1, 0.15) is 5.82 Å². The van der Waals surface area contributed by atoms with E-state index in [4.69, 9.17) is 5.73 Å². The lowest BCUT2D eigenvalue weighted by molar-refractivity contribution is 0.534. The molecule has 1 heterocycles. The number of hydrogen-bond donors (Lipinski definition) is 1. The van der Waals surface area contributed by atoms with Gasteiger partial charge >= 0.3 is 0 Å². The Morgan fingerprint density at radius 1 is 1.29 bits per heavy atom. The Morgan fingerprint density at radius 2 is 2.12 bits per heavy atom. The zero-order chi connectivity index (χ0) is 12.0. The number of nitrogens with two attached hydrogens (primary N) is 1. The van der Waals surface area contributed by atoms with Crippen LogP contribution in [-0.4, -0.2) is 0 Å². The molecule has 1 nitrogen and oxygen atoms in total. The molecule has 1 aliphatic rings. The van der Waals surface area contributed by atoms with E-state index in [-0.39, 0.29) is 5.82 Å². The van der Waals surface area contributed by atoms with E-state index in [1.165, 1.54) is 6.07 Å². The van der Waals surface area contributed by atoms with E-state index in [1.54, 1.807) is 17.4 Å². The van der Waals surface area contributed by atoms with Crippen LogP contribution in [0.15, 0.2) is 33.4 Å². The molecule has 0 saturated carbocycles. The van der Waals surface area contributed by atoms with Gasteiger partial charge in [0.15, 0.2) is 0 Å². The van der Waals surface area contributed by atoms with E-state index in [1.807, 2.05) is 11.4 Å². The Bertz CT molecular complexity index is 581. The SMILES string of the molecule is NC1(c2cscc2Br)CCc2cc(F)ccc21. The molecule has 1 aliphatic carbocycles. The Balaban J connectivity index is 2.17. The molecule has 0 bridgehead atoms. The number of hydrogen-bond acceptors (Lipinski definition) is 2. The molecule has 88 valence electrons. The number of thiophene rings is 1. The van der Waals surface area contributed by atoms with Crippen LogP contribution in [0, 0.1) is 5.82 Å². The first kappa shape index (κ1) is 11.4. The summed E-state index contributed by atoms with van der Waals surface area (Å²) in [6.45, 7) is 0. The maximum atomic E-state index is 13.2. The van der Waals surface area contributed by atoms with Gasteiger partial charge in [0.25, 0.3) is 0 Å². The number of rotatable bonds is 1. The maximum Gasteiger partial charge on any atom is 0.123 e. The molecule has 2 N–H and O–H groups in total. The molecule has 3 rings (SSSR count). The molecule has 17 heavy (non-hydrogen) atoms. The smallest absolute Gasteiger partial charge is 0.123 e. The van der Waals surface area contributed by atoms with Crippen LogP contribution >= 0.6 is 27.3 Å². The van der Waals surface area contributed by atoms with E-state index in [0.717, 1.165) is 34.0 Å². The van der Waals surface area contributed by atoms with Crippen LogP contribution in [0.3, 0.4) is 0 Å². The second kappa shape index (κ2) is 3.90. The summed E-state index contributed by atoms with van der Waals surface area (Å²) in [5.41, 5.74) is 9.26. The van der Waals surface area contributed by atoms with E-state index in [9.17, 15) is 4.39 Å². The fourth-order valence-corrected chi connectivity index (χ4v) is 4.28. The van der Waals surface area contributed by atoms with Gasteiger partial charge in [-0.3, -0.25) is 0 Å². The third kappa shape index (κ3) is 1.66. The lowest BCUT2D eigenvalue weighted by atomic mass is 9.87. The molecule has 0 spiro atoms. The van der Waals surface area contributed by atoms with Gasteiger partial charge in [-0.25, -0.2) is 4.39 Å². The normalized spacial score (nSPS) is 22.8. The van der Waals surface area contributed by atoms with E-state index >= 15 is 0 Å². The summed E-state index contributed by atoms with van der Waals surface area (Å²) in [6, 6.07) is 4.91. The summed E-state index contributed by atoms with van der Waals surface area (Å²) < 4.78 is 14.2. The van der Waals surface area contributed by atoms with Crippen molar-refractivity contribution < 1.29 is 4.39 Å². The molecular weight excluding hydrogens is 301 g/mol. The van der Waals surface area contributed by atoms with Crippen LogP contribution in [-0.2, 0) is 12.0 Å². The van der Waals surface area contributed by atoms with Crippen molar-refractivity contribution in [1.82, 2.24) is 0 Å². The van der Waals surface area contributed by atoms with Crippen molar-refractivity contribution in [1.29, 1.82) is 0 Å². The summed E-state index contributed by atoms with van der Waals surface area (Å²) in [5, 5.41) is 4.11. The van der Waals surface area contributed by atoms with Crippen LogP contribution < -0.4 is 5.73 Å². The summed E-state index contributed by atoms with van der Waals surface area (Å²) >= 11 is 5.16. The molecule has 0 radical (unpaired) electrons. The van der Waals surface area contributed by atoms with Crippen molar-refractivity contribution in [2.75, 3.05) is 0 Å². The first-order valence-corrected chi connectivity index (χ1v) is 7.15. The van der Waals surface area contributed by atoms with Crippen LogP contribution in [0.4, 0.5) is 4.39 Å². The minimum atomic E-state index is -0.470. The topological polar surface area (TPSA) is 26.0 Å². The average molecular weight is 312 g/mol. The van der Waals surface area contributed by atoms with Gasteiger partial charge in [-0.2, -0.15) is 11.3 Å². The van der Waals surface area contributed by atoms with Crippen molar-refractivity contribution in [2.24, 2.45) is 5.73 Å². The highest BCUT2D eigenvalue weighted by molar-refractivity contribution is 9.10. The first-order chi connectivity index (χ1) is 8.11. The second-order valence-corrected chi connectivity index (χ2v) is 6.00. The standard InChI is InChI=1S/C13H11BrFNS/c14-12-7-17-6-11(12)13(16)4-3-8-5-9(15)1-2-10(8)13/h1-2,5-7H,3-4,16H2. The van der Waals surface area contributed by atoms with Gasteiger partial charge in [0, 0.05) is 15.4 Å². The first-order valence-electron chi connectivity index (χ1n) is 5.41. The number of aryl methyl sites for hydroxylation is 1. The van der Waals surface area contributed by atoms with Crippen molar-refractivity contribution in [3.8, 4) is 0 Å². The summed E-state index contributed by atoms with van der Waals surface area (Å²) in [5.74, 6) is -0.183. The van der Waals surface area contributed by atoms with E-state index < -0.39 is 5.54 Å². The van der Waals surface area contributed by atoms with Crippen molar-refractivity contribution in [3.05, 3.63) is 55.9 Å². The van der Waals surface area contributed by atoms with Gasteiger partial charge in [-0.15, -0.1) is 0 Å². The largest absolute Gasteiger partial charge is 0.318 e. The molecule has 0 saturated heterocycles. The number of benzene rings is 1. The van der Waals surface area contributed by atoms with Crippen LogP contribution in [0.5, 0.6) is 0 Å². The van der Waals surface area contributed by atoms with Crippen LogP contribution in [0.1, 0.15) is 23.1 Å². The Morgan fingerprint density at radius 3 is 2.82 bits per heavy atom. The lowest BCUT2D eigenvalue weighted by Gasteiger charge is -2.25. The molecule has 4 heteroatoms. The van der Waals surface area contributed by atoms with Crippen molar-refractivity contribution in [3.63, 3.8) is 0 Å². The molecular formula is C13H11BrFNS. The molecule has 1 aromatic carbocycles. The van der Waals surface area contributed by atoms with Gasteiger partial charge in [0.2, 0.25) is 0 Å². The lowest BCUT2D eigenvalue weighted by Crippen LogP contribution is -2.35. The average Bonchev–Trinajstić information content (AvgIpc) is 2.85. The number of fused-ring (bicyclic) bond motifs is 1. The highest BCUT2D eigenvalue weighted by atomic mass is 79.9. The third-order valence-electron chi connectivity index (χ3n) is 3.43. The fourth-order valence-electron chi connectivity index (χ4n) is 2.55. The molecule has 0 fully saturated rings. The van der Waals surface area contributed by atoms with Gasteiger partial charge in [0.05, 0.1) is 5.54 Å². The molecule has 1 aromatic heterocycles. The Kier molecular flexibility index (Phi) is 2.61. The predicted octanol–water partition coefficient (Wildman–Crippen LogP) is 3.80. The van der Waals surface area contributed by atoms with Gasteiger partial charge in [-0.05, 0) is 57.4 Å². The molecule has 1 atom stereocenters. The molecule has 1 unspecified atom stereocenters. The fraction of sp³-hybridized carbons (Fsp3) is 0.231. The Hall–Kier alpha value is -0.710. The van der Waals surface area contributed by atoms with Crippen molar-refractivity contribution in [2.45, 2.75) is 18.4 Å². The second-order valence-electron chi connectivity index (χ2n) is 4.41. The zero-order valence-electron chi connectivity index (χ0n) is 9.04. The maximum absolute atomic E-state index is 13.2. The highest BCUT2D eigenvalue weighted by Gasteiger charge is 2.38. The Labute approximate surface area is 112 Å². The molecule has 0 aliphatic heterocycles. The van der Waals surface area contributed by atoms with E-state index in [2.05, 4.69) is 21.3 Å². The minimum absolute atomic E-state index is 0.183. The summed E-state index contributed by atoms with van der Waals surface area (Å²) in [7, 11) is 0. The summed E-state index contributed by atoms with van der Waals surface area (Å²) in [6.07, 6.45) is 1.67. The van der Waals surface area contributed by atoms with E-state index in [0.29, 0.717) is 0 Å². The quantitative estimate of drug-likeness (QED) is 0.851. The predicted molar refractivity (Wildman–Crippen MR) is 71.7 cm³/mol. The summed E-state index contributed by atoms with van der Waals surface area (Å²) in [4.78, 5) is 0. The van der Waals surface area contributed by atoms with Crippen molar-refractivity contribution >= 4 is 27.3 Å².